The van der Waals surface area contributed by atoms with Gasteiger partial charge in [-0.15, -0.1) is 0 Å². The van der Waals surface area contributed by atoms with Crippen molar-refractivity contribution < 1.29 is 4.52 Å². The Kier molecular flexibility index (Phi) is 4.23. The fourth-order valence-corrected chi connectivity index (χ4v) is 4.38. The van der Waals surface area contributed by atoms with Crippen LogP contribution >= 0.6 is 0 Å². The van der Waals surface area contributed by atoms with Gasteiger partial charge in [0.25, 0.3) is 0 Å². The second-order valence-corrected chi connectivity index (χ2v) is 7.85. The second kappa shape index (κ2) is 6.41. The lowest BCUT2D eigenvalue weighted by Crippen LogP contribution is -2.44. The smallest absolute Gasteiger partial charge is 0.225 e. The highest BCUT2D eigenvalue weighted by Gasteiger charge is 2.42. The summed E-state index contributed by atoms with van der Waals surface area (Å²) in [4.78, 5) is 14.0. The Morgan fingerprint density at radius 1 is 1.08 bits per heavy atom. The molecule has 0 unspecified atom stereocenters. The Morgan fingerprint density at radius 3 is 2.60 bits per heavy atom. The number of likely N-dealkylation sites (tertiary alicyclic amines) is 1. The topological polar surface area (TPSA) is 58.3 Å². The summed E-state index contributed by atoms with van der Waals surface area (Å²) >= 11 is 0. The Morgan fingerprint density at radius 2 is 1.88 bits per heavy atom. The summed E-state index contributed by atoms with van der Waals surface area (Å²) in [7, 11) is 0. The molecule has 25 heavy (non-hydrogen) atoms. The zero-order chi connectivity index (χ0) is 17.4. The van der Waals surface area contributed by atoms with Crippen molar-refractivity contribution in [2.24, 2.45) is 5.41 Å². The third-order valence-electron chi connectivity index (χ3n) is 5.79. The highest BCUT2D eigenvalue weighted by Crippen LogP contribution is 2.40. The molecule has 0 amide bonds. The van der Waals surface area contributed by atoms with Crippen molar-refractivity contribution >= 4 is 5.95 Å². The monoisotopic (exact) mass is 341 g/mol. The van der Waals surface area contributed by atoms with Crippen LogP contribution in [0.15, 0.2) is 16.9 Å². The van der Waals surface area contributed by atoms with Crippen LogP contribution in [0, 0.1) is 26.2 Å². The van der Waals surface area contributed by atoms with Gasteiger partial charge < -0.3 is 9.42 Å². The highest BCUT2D eigenvalue weighted by molar-refractivity contribution is 5.33. The van der Waals surface area contributed by atoms with Crippen LogP contribution in [-0.2, 0) is 6.54 Å². The summed E-state index contributed by atoms with van der Waals surface area (Å²) in [5.74, 6) is 1.84. The predicted molar refractivity (Wildman–Crippen MR) is 96.5 cm³/mol. The fourth-order valence-electron chi connectivity index (χ4n) is 4.38. The van der Waals surface area contributed by atoms with Gasteiger partial charge in [-0.3, -0.25) is 4.90 Å². The molecule has 6 nitrogen and oxygen atoms in total. The van der Waals surface area contributed by atoms with Crippen molar-refractivity contribution in [1.29, 1.82) is 0 Å². The lowest BCUT2D eigenvalue weighted by atomic mass is 9.79. The van der Waals surface area contributed by atoms with Gasteiger partial charge in [-0.25, -0.2) is 9.97 Å². The minimum atomic E-state index is 0.367. The van der Waals surface area contributed by atoms with E-state index in [1.54, 1.807) is 0 Å². The molecule has 4 rings (SSSR count). The van der Waals surface area contributed by atoms with Crippen molar-refractivity contribution in [3.05, 3.63) is 35.0 Å². The summed E-state index contributed by atoms with van der Waals surface area (Å²) in [5, 5.41) is 4.10. The first kappa shape index (κ1) is 16.5. The summed E-state index contributed by atoms with van der Waals surface area (Å²) in [6.07, 6.45) is 7.61. The first-order valence-corrected chi connectivity index (χ1v) is 9.22. The maximum absolute atomic E-state index is 5.34. The van der Waals surface area contributed by atoms with E-state index in [0.29, 0.717) is 5.41 Å². The number of nitrogens with zero attached hydrogens (tertiary/aromatic N) is 5. The number of hydrogen-bond acceptors (Lipinski definition) is 6. The van der Waals surface area contributed by atoms with Gasteiger partial charge in [0.2, 0.25) is 5.95 Å². The van der Waals surface area contributed by atoms with Gasteiger partial charge in [-0.05, 0) is 52.1 Å². The van der Waals surface area contributed by atoms with E-state index in [0.717, 1.165) is 55.7 Å². The molecule has 4 heterocycles. The van der Waals surface area contributed by atoms with Gasteiger partial charge in [-0.2, -0.15) is 0 Å². The molecule has 0 saturated carbocycles. The van der Waals surface area contributed by atoms with E-state index in [9.17, 15) is 0 Å². The summed E-state index contributed by atoms with van der Waals surface area (Å²) in [6.45, 7) is 11.5. The molecule has 2 aromatic heterocycles. The molecule has 1 spiro atoms. The number of aryl methyl sites for hydroxylation is 3. The molecular formula is C19H27N5O. The zero-order valence-electron chi connectivity index (χ0n) is 15.5. The van der Waals surface area contributed by atoms with E-state index in [2.05, 4.69) is 24.9 Å². The molecule has 0 aromatic carbocycles. The molecule has 1 atom stereocenters. The Labute approximate surface area is 149 Å². The van der Waals surface area contributed by atoms with E-state index in [4.69, 9.17) is 4.52 Å². The molecule has 0 N–H and O–H groups in total. The Hall–Kier alpha value is -1.95. The number of rotatable bonds is 3. The second-order valence-electron chi connectivity index (χ2n) is 7.85. The quantitative estimate of drug-likeness (QED) is 0.855. The maximum Gasteiger partial charge on any atom is 0.225 e. The van der Waals surface area contributed by atoms with Crippen LogP contribution in [0.2, 0.25) is 0 Å². The number of anilines is 1. The molecule has 2 aliphatic rings. The highest BCUT2D eigenvalue weighted by atomic mass is 16.5. The van der Waals surface area contributed by atoms with Gasteiger partial charge >= 0.3 is 0 Å². The first-order chi connectivity index (χ1) is 12.0. The van der Waals surface area contributed by atoms with Gasteiger partial charge in [0.15, 0.2) is 0 Å². The van der Waals surface area contributed by atoms with E-state index >= 15 is 0 Å². The lowest BCUT2D eigenvalue weighted by molar-refractivity contribution is 0.0986. The van der Waals surface area contributed by atoms with Crippen molar-refractivity contribution in [3.8, 4) is 0 Å². The number of piperidine rings is 1. The summed E-state index contributed by atoms with van der Waals surface area (Å²) in [6, 6.07) is 0. The molecule has 0 radical (unpaired) electrons. The first-order valence-electron chi connectivity index (χ1n) is 9.22. The maximum atomic E-state index is 5.34. The van der Waals surface area contributed by atoms with Crippen molar-refractivity contribution in [2.45, 2.75) is 46.6 Å². The number of hydrogen-bond donors (Lipinski definition) is 0. The van der Waals surface area contributed by atoms with Gasteiger partial charge in [0, 0.05) is 49.6 Å². The van der Waals surface area contributed by atoms with Crippen LogP contribution in [0.1, 0.15) is 41.8 Å². The van der Waals surface area contributed by atoms with Crippen molar-refractivity contribution in [1.82, 2.24) is 20.0 Å². The van der Waals surface area contributed by atoms with Crippen molar-refractivity contribution in [3.63, 3.8) is 0 Å². The molecule has 2 aliphatic heterocycles. The van der Waals surface area contributed by atoms with E-state index in [-0.39, 0.29) is 0 Å². The molecule has 2 aromatic rings. The number of aromatic nitrogens is 3. The third-order valence-corrected chi connectivity index (χ3v) is 5.79. The van der Waals surface area contributed by atoms with Gasteiger partial charge in [0.05, 0.1) is 5.69 Å². The standard InChI is InChI=1S/C19H27N5O/c1-14-9-20-18(21-10-14)24-8-6-19(13-24)5-4-7-23(12-19)11-17-15(2)22-25-16(17)3/h9-10H,4-8,11-13H2,1-3H3/t19-/m0/s1. The molecule has 0 aliphatic carbocycles. The fraction of sp³-hybridized carbons (Fsp3) is 0.632. The van der Waals surface area contributed by atoms with Crippen LogP contribution in [0.4, 0.5) is 5.95 Å². The molecule has 2 saturated heterocycles. The molecule has 0 bridgehead atoms. The van der Waals surface area contributed by atoms with E-state index < -0.39 is 0 Å². The van der Waals surface area contributed by atoms with Crippen LogP contribution in [-0.4, -0.2) is 46.2 Å². The van der Waals surface area contributed by atoms with Gasteiger partial charge in [0.1, 0.15) is 5.76 Å². The predicted octanol–water partition coefficient (Wildman–Crippen LogP) is 2.88. The average Bonchev–Trinajstić information content (AvgIpc) is 3.14. The third kappa shape index (κ3) is 3.27. The average molecular weight is 341 g/mol. The van der Waals surface area contributed by atoms with Crippen LogP contribution in [0.5, 0.6) is 0 Å². The van der Waals surface area contributed by atoms with Crippen LogP contribution in [0.3, 0.4) is 0 Å². The molecule has 134 valence electrons. The SMILES string of the molecule is Cc1cnc(N2CC[C@]3(CCCN(Cc4c(C)noc4C)C3)C2)nc1. The Bertz CT molecular complexity index is 721. The van der Waals surface area contributed by atoms with E-state index in [1.165, 1.54) is 24.8 Å². The molecular weight excluding hydrogens is 314 g/mol. The molecule has 6 heteroatoms. The normalized spacial score (nSPS) is 24.4. The minimum absolute atomic E-state index is 0.367. The van der Waals surface area contributed by atoms with Gasteiger partial charge in [-0.1, -0.05) is 5.16 Å². The lowest BCUT2D eigenvalue weighted by Gasteiger charge is -2.40. The molecule has 2 fully saturated rings. The summed E-state index contributed by atoms with van der Waals surface area (Å²) < 4.78 is 5.34. The summed E-state index contributed by atoms with van der Waals surface area (Å²) in [5.41, 5.74) is 3.76. The van der Waals surface area contributed by atoms with Crippen LogP contribution in [0.25, 0.3) is 0 Å². The van der Waals surface area contributed by atoms with Crippen molar-refractivity contribution in [2.75, 3.05) is 31.1 Å². The van der Waals surface area contributed by atoms with Crippen LogP contribution < -0.4 is 4.90 Å². The largest absolute Gasteiger partial charge is 0.361 e. The van der Waals surface area contributed by atoms with E-state index in [1.807, 2.05) is 33.2 Å². The Balaban J connectivity index is 1.45. The minimum Gasteiger partial charge on any atom is -0.361 e. The zero-order valence-corrected chi connectivity index (χ0v) is 15.5.